The molecule has 0 saturated heterocycles. The third kappa shape index (κ3) is 4.00. The molecule has 0 radical (unpaired) electrons. The number of nitrogen functional groups attached to an aromatic ring is 1. The van der Waals surface area contributed by atoms with Crippen molar-refractivity contribution in [1.29, 1.82) is 0 Å². The maximum Gasteiger partial charge on any atom is 0.332 e. The standard InChI is InChI=1S/C17H22N6O4/c1-19-15(25)10-6-5-7-11(8-10)20-12(24)9-23-16(26)13(21(2)3)14(18)22(4)17(23)27/h5-8H,9,18H2,1-4H3,(H,19,25)(H,20,24). The fraction of sp³-hybridized carbons (Fsp3) is 0.294. The SMILES string of the molecule is CNC(=O)c1cccc(NC(=O)Cn2c(=O)c(N(C)C)c(N)n(C)c2=O)c1. The van der Waals surface area contributed by atoms with Crippen molar-refractivity contribution < 1.29 is 9.59 Å². The molecule has 1 aromatic carbocycles. The number of carbonyl (C=O) groups excluding carboxylic acids is 2. The zero-order valence-electron chi connectivity index (χ0n) is 15.6. The second-order valence-electron chi connectivity index (χ2n) is 6.07. The number of aromatic nitrogens is 2. The summed E-state index contributed by atoms with van der Waals surface area (Å²) in [5.41, 5.74) is 5.33. The highest BCUT2D eigenvalue weighted by Crippen LogP contribution is 2.13. The molecule has 1 heterocycles. The van der Waals surface area contributed by atoms with Crippen LogP contribution in [0.25, 0.3) is 0 Å². The lowest BCUT2D eigenvalue weighted by molar-refractivity contribution is -0.116. The van der Waals surface area contributed by atoms with Gasteiger partial charge in [-0.25, -0.2) is 9.36 Å². The van der Waals surface area contributed by atoms with E-state index in [1.54, 1.807) is 32.3 Å². The average Bonchev–Trinajstić information content (AvgIpc) is 2.63. The van der Waals surface area contributed by atoms with Crippen LogP contribution in [0.15, 0.2) is 33.9 Å². The smallest absolute Gasteiger partial charge is 0.332 e. The van der Waals surface area contributed by atoms with E-state index in [9.17, 15) is 19.2 Å². The van der Waals surface area contributed by atoms with E-state index < -0.39 is 23.7 Å². The van der Waals surface area contributed by atoms with Crippen LogP contribution in [-0.2, 0) is 18.4 Å². The molecule has 0 aliphatic heterocycles. The maximum atomic E-state index is 12.6. The van der Waals surface area contributed by atoms with Crippen LogP contribution in [0.4, 0.5) is 17.2 Å². The van der Waals surface area contributed by atoms with Crippen molar-refractivity contribution in [2.45, 2.75) is 6.54 Å². The predicted octanol–water partition coefficient (Wildman–Crippen LogP) is -0.806. The minimum absolute atomic E-state index is 0.0185. The van der Waals surface area contributed by atoms with E-state index in [4.69, 9.17) is 5.73 Å². The van der Waals surface area contributed by atoms with Gasteiger partial charge in [0.25, 0.3) is 11.5 Å². The predicted molar refractivity (Wildman–Crippen MR) is 103 cm³/mol. The first kappa shape index (κ1) is 19.8. The van der Waals surface area contributed by atoms with Gasteiger partial charge in [0, 0.05) is 39.4 Å². The van der Waals surface area contributed by atoms with E-state index >= 15 is 0 Å². The highest BCUT2D eigenvalue weighted by molar-refractivity contribution is 5.97. The number of benzene rings is 1. The number of rotatable bonds is 5. The largest absolute Gasteiger partial charge is 0.383 e. The van der Waals surface area contributed by atoms with Gasteiger partial charge in [0.05, 0.1) is 0 Å². The van der Waals surface area contributed by atoms with Gasteiger partial charge in [0.2, 0.25) is 5.91 Å². The van der Waals surface area contributed by atoms with E-state index in [1.807, 2.05) is 0 Å². The molecule has 0 saturated carbocycles. The minimum Gasteiger partial charge on any atom is -0.383 e. The zero-order valence-corrected chi connectivity index (χ0v) is 15.6. The summed E-state index contributed by atoms with van der Waals surface area (Å²) in [7, 11) is 6.16. The van der Waals surface area contributed by atoms with Crippen LogP contribution in [0.3, 0.4) is 0 Å². The van der Waals surface area contributed by atoms with Crippen molar-refractivity contribution in [1.82, 2.24) is 14.5 Å². The first-order chi connectivity index (χ1) is 12.7. The molecule has 2 amide bonds. The topological polar surface area (TPSA) is 131 Å². The number of hydrogen-bond acceptors (Lipinski definition) is 6. The molecule has 1 aromatic heterocycles. The summed E-state index contributed by atoms with van der Waals surface area (Å²) in [6, 6.07) is 6.29. The second-order valence-corrected chi connectivity index (χ2v) is 6.07. The van der Waals surface area contributed by atoms with Crippen LogP contribution >= 0.6 is 0 Å². The van der Waals surface area contributed by atoms with Crippen LogP contribution in [0.5, 0.6) is 0 Å². The summed E-state index contributed by atoms with van der Waals surface area (Å²) in [6.45, 7) is -0.489. The van der Waals surface area contributed by atoms with Gasteiger partial charge >= 0.3 is 5.69 Å². The van der Waals surface area contributed by atoms with Crippen molar-refractivity contribution in [2.24, 2.45) is 7.05 Å². The Bertz CT molecular complexity index is 1010. The molecule has 0 atom stereocenters. The molecule has 0 unspecified atom stereocenters. The summed E-state index contributed by atoms with van der Waals surface area (Å²) >= 11 is 0. The van der Waals surface area contributed by atoms with E-state index in [1.165, 1.54) is 25.1 Å². The van der Waals surface area contributed by atoms with Crippen molar-refractivity contribution in [2.75, 3.05) is 37.1 Å². The Balaban J connectivity index is 2.33. The van der Waals surface area contributed by atoms with Gasteiger partial charge in [-0.05, 0) is 18.2 Å². The molecule has 27 heavy (non-hydrogen) atoms. The number of nitrogens with two attached hydrogens (primary N) is 1. The van der Waals surface area contributed by atoms with Crippen molar-refractivity contribution >= 4 is 29.0 Å². The third-order valence-electron chi connectivity index (χ3n) is 3.95. The van der Waals surface area contributed by atoms with Crippen molar-refractivity contribution in [3.63, 3.8) is 0 Å². The Kier molecular flexibility index (Phi) is 5.69. The molecule has 0 bridgehead atoms. The molecule has 10 heteroatoms. The van der Waals surface area contributed by atoms with Crippen LogP contribution in [0.2, 0.25) is 0 Å². The third-order valence-corrected chi connectivity index (χ3v) is 3.95. The van der Waals surface area contributed by atoms with Crippen LogP contribution in [-0.4, -0.2) is 42.1 Å². The number of nitrogens with zero attached hydrogens (tertiary/aromatic N) is 3. The lowest BCUT2D eigenvalue weighted by atomic mass is 10.2. The number of carbonyl (C=O) groups is 2. The van der Waals surface area contributed by atoms with Gasteiger partial charge in [0.1, 0.15) is 18.1 Å². The molecule has 0 spiro atoms. The van der Waals surface area contributed by atoms with Gasteiger partial charge in [-0.15, -0.1) is 0 Å². The lowest BCUT2D eigenvalue weighted by Gasteiger charge is -2.18. The summed E-state index contributed by atoms with van der Waals surface area (Å²) < 4.78 is 1.92. The molecule has 0 aliphatic rings. The van der Waals surface area contributed by atoms with E-state index in [0.717, 1.165) is 9.13 Å². The number of hydrogen-bond donors (Lipinski definition) is 3. The fourth-order valence-electron chi connectivity index (χ4n) is 2.55. The summed E-state index contributed by atoms with van der Waals surface area (Å²) in [6.07, 6.45) is 0. The highest BCUT2D eigenvalue weighted by atomic mass is 16.2. The molecule has 144 valence electrons. The first-order valence-electron chi connectivity index (χ1n) is 8.06. The van der Waals surface area contributed by atoms with E-state index in [2.05, 4.69) is 10.6 Å². The van der Waals surface area contributed by atoms with Gasteiger partial charge < -0.3 is 21.3 Å². The number of amides is 2. The molecule has 4 N–H and O–H groups in total. The van der Waals surface area contributed by atoms with E-state index in [-0.39, 0.29) is 17.4 Å². The normalized spacial score (nSPS) is 10.4. The molecular weight excluding hydrogens is 352 g/mol. The van der Waals surface area contributed by atoms with Gasteiger partial charge in [0.15, 0.2) is 0 Å². The summed E-state index contributed by atoms with van der Waals surface area (Å²) in [5.74, 6) is -0.868. The van der Waals surface area contributed by atoms with E-state index in [0.29, 0.717) is 11.3 Å². The molecule has 2 rings (SSSR count). The maximum absolute atomic E-state index is 12.6. The van der Waals surface area contributed by atoms with Crippen LogP contribution in [0.1, 0.15) is 10.4 Å². The fourth-order valence-corrected chi connectivity index (χ4v) is 2.55. The Morgan fingerprint density at radius 1 is 1.22 bits per heavy atom. The number of anilines is 3. The van der Waals surface area contributed by atoms with Gasteiger partial charge in [-0.1, -0.05) is 6.07 Å². The van der Waals surface area contributed by atoms with Crippen LogP contribution < -0.4 is 32.5 Å². The molecule has 0 fully saturated rings. The zero-order chi connectivity index (χ0) is 20.3. The molecule has 10 nitrogen and oxygen atoms in total. The second kappa shape index (κ2) is 7.77. The van der Waals surface area contributed by atoms with Gasteiger partial charge in [-0.3, -0.25) is 19.0 Å². The highest BCUT2D eigenvalue weighted by Gasteiger charge is 2.18. The minimum atomic E-state index is -0.697. The molecule has 0 aliphatic carbocycles. The number of nitrogens with one attached hydrogen (secondary N) is 2. The summed E-state index contributed by atoms with van der Waals surface area (Å²) in [4.78, 5) is 50.4. The lowest BCUT2D eigenvalue weighted by Crippen LogP contribution is -2.44. The van der Waals surface area contributed by atoms with Crippen LogP contribution in [0, 0.1) is 0 Å². The Labute approximate surface area is 155 Å². The van der Waals surface area contributed by atoms with Crippen molar-refractivity contribution in [3.8, 4) is 0 Å². The Hall–Kier alpha value is -3.56. The quantitative estimate of drug-likeness (QED) is 0.627. The first-order valence-corrected chi connectivity index (χ1v) is 8.06. The average molecular weight is 374 g/mol. The summed E-state index contributed by atoms with van der Waals surface area (Å²) in [5, 5.41) is 5.06. The molecular formula is C17H22N6O4. The Morgan fingerprint density at radius 3 is 2.48 bits per heavy atom. The molecule has 2 aromatic rings. The Morgan fingerprint density at radius 2 is 1.89 bits per heavy atom. The van der Waals surface area contributed by atoms with Crippen molar-refractivity contribution in [3.05, 3.63) is 50.7 Å². The van der Waals surface area contributed by atoms with Gasteiger partial charge in [-0.2, -0.15) is 0 Å². The monoisotopic (exact) mass is 374 g/mol.